The second-order valence-electron chi connectivity index (χ2n) is 15.2. The van der Waals surface area contributed by atoms with E-state index in [-0.39, 0.29) is 0 Å². The average molecular weight is 751 g/mol. The van der Waals surface area contributed by atoms with Crippen LogP contribution in [-0.2, 0) is 0 Å². The Bertz CT molecular complexity index is 3620. The zero-order chi connectivity index (χ0) is 38.9. The summed E-state index contributed by atoms with van der Waals surface area (Å²) in [4.78, 5) is 15.4. The van der Waals surface area contributed by atoms with E-state index in [0.29, 0.717) is 17.5 Å². The first-order valence-electron chi connectivity index (χ1n) is 20.0. The molecule has 0 saturated carbocycles. The van der Waals surface area contributed by atoms with Crippen LogP contribution in [0, 0.1) is 0 Å². The molecule has 0 spiro atoms. The van der Waals surface area contributed by atoms with E-state index in [2.05, 4.69) is 193 Å². The lowest BCUT2D eigenvalue weighted by Gasteiger charge is -2.16. The van der Waals surface area contributed by atoms with E-state index in [0.717, 1.165) is 44.1 Å². The van der Waals surface area contributed by atoms with Crippen LogP contribution in [0.3, 0.4) is 0 Å². The largest absolute Gasteiger partial charge is 0.309 e. The topological polar surface area (TPSA) is 43.6 Å². The molecule has 274 valence electrons. The van der Waals surface area contributed by atoms with Crippen molar-refractivity contribution in [2.75, 3.05) is 0 Å². The molecule has 4 heteroatoms. The van der Waals surface area contributed by atoms with Crippen LogP contribution in [0.1, 0.15) is 0 Å². The lowest BCUT2D eigenvalue weighted by Crippen LogP contribution is -2.01. The number of nitrogens with zero attached hydrogens (tertiary/aromatic N) is 4. The van der Waals surface area contributed by atoms with Crippen LogP contribution in [0.2, 0.25) is 0 Å². The van der Waals surface area contributed by atoms with Crippen LogP contribution >= 0.6 is 0 Å². The van der Waals surface area contributed by atoms with Crippen molar-refractivity contribution >= 4 is 64.9 Å². The maximum atomic E-state index is 5.22. The highest BCUT2D eigenvalue weighted by Gasteiger charge is 2.21. The Kier molecular flexibility index (Phi) is 7.50. The molecule has 2 heterocycles. The third-order valence-electron chi connectivity index (χ3n) is 11.8. The highest BCUT2D eigenvalue weighted by molar-refractivity contribution is 6.25. The fourth-order valence-corrected chi connectivity index (χ4v) is 9.05. The Morgan fingerprint density at radius 3 is 1.56 bits per heavy atom. The Morgan fingerprint density at radius 1 is 0.288 bits per heavy atom. The highest BCUT2D eigenvalue weighted by Crippen LogP contribution is 2.44. The third-order valence-corrected chi connectivity index (χ3v) is 11.8. The molecule has 0 radical (unpaired) electrons. The zero-order valence-corrected chi connectivity index (χ0v) is 31.9. The van der Waals surface area contributed by atoms with Gasteiger partial charge in [-0.25, -0.2) is 15.0 Å². The van der Waals surface area contributed by atoms with Gasteiger partial charge in [0.2, 0.25) is 0 Å². The molecule has 0 N–H and O–H groups in total. The summed E-state index contributed by atoms with van der Waals surface area (Å²) in [5.74, 6) is 1.93. The molecule has 2 aromatic heterocycles. The number of fused-ring (bicyclic) bond motifs is 8. The minimum Gasteiger partial charge on any atom is -0.309 e. The van der Waals surface area contributed by atoms with Gasteiger partial charge >= 0.3 is 0 Å². The van der Waals surface area contributed by atoms with Gasteiger partial charge in [-0.15, -0.1) is 0 Å². The van der Waals surface area contributed by atoms with Crippen molar-refractivity contribution in [2.24, 2.45) is 0 Å². The standard InChI is InChI=1S/C55H34N4/c1-2-16-37(17-3-1)53-56-54(40-27-26-35-14-4-6-18-38(35)32-40)58-55(57-53)47-31-30-45(42-20-8-9-21-43(42)47)49-34-51-52(46-23-11-10-22-44(46)49)48-24-12-13-25-50(48)59(51)41-29-28-36-15-5-7-19-39(36)33-41/h1-34H. The van der Waals surface area contributed by atoms with Crippen molar-refractivity contribution in [3.05, 3.63) is 206 Å². The van der Waals surface area contributed by atoms with E-state index in [9.17, 15) is 0 Å². The molecule has 4 nitrogen and oxygen atoms in total. The predicted octanol–water partition coefficient (Wildman–Crippen LogP) is 14.2. The van der Waals surface area contributed by atoms with Gasteiger partial charge in [-0.2, -0.15) is 0 Å². The van der Waals surface area contributed by atoms with Gasteiger partial charge in [0.25, 0.3) is 0 Å². The van der Waals surface area contributed by atoms with E-state index in [1.54, 1.807) is 0 Å². The summed E-state index contributed by atoms with van der Waals surface area (Å²) < 4.78 is 2.44. The molecular weight excluding hydrogens is 717 g/mol. The maximum Gasteiger partial charge on any atom is 0.164 e. The molecule has 0 aliphatic rings. The molecule has 59 heavy (non-hydrogen) atoms. The third kappa shape index (κ3) is 5.42. The van der Waals surface area contributed by atoms with Crippen molar-refractivity contribution < 1.29 is 0 Å². The molecule has 0 amide bonds. The molecular formula is C55H34N4. The van der Waals surface area contributed by atoms with E-state index in [1.807, 2.05) is 18.2 Å². The molecule has 10 aromatic carbocycles. The van der Waals surface area contributed by atoms with Crippen molar-refractivity contribution in [1.82, 2.24) is 19.5 Å². The Hall–Kier alpha value is -7.95. The maximum absolute atomic E-state index is 5.22. The van der Waals surface area contributed by atoms with Gasteiger partial charge in [0.15, 0.2) is 17.5 Å². The zero-order valence-electron chi connectivity index (χ0n) is 31.9. The first-order chi connectivity index (χ1) is 29.2. The second kappa shape index (κ2) is 13.3. The Morgan fingerprint density at radius 2 is 0.814 bits per heavy atom. The van der Waals surface area contributed by atoms with E-state index in [1.165, 1.54) is 54.3 Å². The van der Waals surface area contributed by atoms with Gasteiger partial charge in [-0.1, -0.05) is 170 Å². The number of aromatic nitrogens is 4. The molecule has 0 atom stereocenters. The SMILES string of the molecule is c1ccc(-c2nc(-c3ccc4ccccc4c3)nc(-c3ccc(-c4cc5c(c6ccccc46)c4ccccc4n5-c4ccc5ccccc5c4)c4ccccc34)n2)cc1. The van der Waals surface area contributed by atoms with Crippen LogP contribution in [-0.4, -0.2) is 19.5 Å². The summed E-state index contributed by atoms with van der Waals surface area (Å²) in [5, 5.41) is 11.9. The molecule has 0 aliphatic carbocycles. The smallest absolute Gasteiger partial charge is 0.164 e. The van der Waals surface area contributed by atoms with E-state index >= 15 is 0 Å². The quantitative estimate of drug-likeness (QED) is 0.176. The second-order valence-corrected chi connectivity index (χ2v) is 15.2. The first kappa shape index (κ1) is 33.2. The summed E-state index contributed by atoms with van der Waals surface area (Å²) >= 11 is 0. The molecule has 0 aliphatic heterocycles. The first-order valence-corrected chi connectivity index (χ1v) is 20.0. The van der Waals surface area contributed by atoms with Crippen molar-refractivity contribution in [3.8, 4) is 51.0 Å². The highest BCUT2D eigenvalue weighted by atomic mass is 15.0. The summed E-state index contributed by atoms with van der Waals surface area (Å²) in [6.07, 6.45) is 0. The summed E-state index contributed by atoms with van der Waals surface area (Å²) in [6.45, 7) is 0. The van der Waals surface area contributed by atoms with E-state index in [4.69, 9.17) is 15.0 Å². The van der Waals surface area contributed by atoms with Gasteiger partial charge in [0.1, 0.15) is 0 Å². The van der Waals surface area contributed by atoms with Crippen LogP contribution in [0.5, 0.6) is 0 Å². The number of benzene rings is 10. The number of rotatable bonds is 5. The van der Waals surface area contributed by atoms with Crippen LogP contribution in [0.4, 0.5) is 0 Å². The minimum atomic E-state index is 0.640. The van der Waals surface area contributed by atoms with Crippen molar-refractivity contribution in [2.45, 2.75) is 0 Å². The molecule has 12 rings (SSSR count). The van der Waals surface area contributed by atoms with Crippen LogP contribution in [0.15, 0.2) is 206 Å². The Labute approximate surface area is 340 Å². The number of para-hydroxylation sites is 1. The Balaban J connectivity index is 1.10. The lowest BCUT2D eigenvalue weighted by molar-refractivity contribution is 1.08. The fraction of sp³-hybridized carbons (Fsp3) is 0. The number of hydrogen-bond acceptors (Lipinski definition) is 3. The normalized spacial score (nSPS) is 11.7. The van der Waals surface area contributed by atoms with Crippen molar-refractivity contribution in [3.63, 3.8) is 0 Å². The van der Waals surface area contributed by atoms with Crippen LogP contribution in [0.25, 0.3) is 116 Å². The predicted molar refractivity (Wildman–Crippen MR) is 246 cm³/mol. The van der Waals surface area contributed by atoms with Crippen molar-refractivity contribution in [1.29, 1.82) is 0 Å². The molecule has 0 unspecified atom stereocenters. The monoisotopic (exact) mass is 750 g/mol. The summed E-state index contributed by atoms with van der Waals surface area (Å²) in [6, 6.07) is 73.6. The average Bonchev–Trinajstić information content (AvgIpc) is 3.65. The van der Waals surface area contributed by atoms with E-state index < -0.39 is 0 Å². The molecule has 0 saturated heterocycles. The van der Waals surface area contributed by atoms with Crippen LogP contribution < -0.4 is 0 Å². The summed E-state index contributed by atoms with van der Waals surface area (Å²) in [5.41, 5.74) is 8.69. The van der Waals surface area contributed by atoms with Gasteiger partial charge in [0.05, 0.1) is 11.0 Å². The fourth-order valence-electron chi connectivity index (χ4n) is 9.05. The van der Waals surface area contributed by atoms with Gasteiger partial charge in [-0.3, -0.25) is 0 Å². The molecule has 0 bridgehead atoms. The van der Waals surface area contributed by atoms with Gasteiger partial charge < -0.3 is 4.57 Å². The lowest BCUT2D eigenvalue weighted by atomic mass is 9.90. The van der Waals surface area contributed by atoms with Gasteiger partial charge in [0, 0.05) is 33.2 Å². The summed E-state index contributed by atoms with van der Waals surface area (Å²) in [7, 11) is 0. The minimum absolute atomic E-state index is 0.640. The number of hydrogen-bond donors (Lipinski definition) is 0. The van der Waals surface area contributed by atoms with Gasteiger partial charge in [-0.05, 0) is 90.6 Å². The molecule has 12 aromatic rings. The molecule has 0 fully saturated rings.